The molecular formula is C9H7ClF3N3. The number of rotatable bonds is 1. The molecule has 2 aromatic rings. The van der Waals surface area contributed by atoms with Gasteiger partial charge in [-0.3, -0.25) is 0 Å². The van der Waals surface area contributed by atoms with Crippen molar-refractivity contribution in [2.45, 2.75) is 19.5 Å². The fourth-order valence-corrected chi connectivity index (χ4v) is 1.66. The van der Waals surface area contributed by atoms with E-state index in [1.54, 1.807) is 19.1 Å². The lowest BCUT2D eigenvalue weighted by molar-refractivity contribution is -0.128. The molecule has 0 atom stereocenters. The first kappa shape index (κ1) is 11.2. The van der Waals surface area contributed by atoms with Crippen LogP contribution in [0.5, 0.6) is 0 Å². The van der Waals surface area contributed by atoms with Crippen molar-refractivity contribution in [3.8, 4) is 0 Å². The second-order valence-corrected chi connectivity index (χ2v) is 3.83. The van der Waals surface area contributed by atoms with Crippen molar-refractivity contribution in [2.24, 2.45) is 0 Å². The number of fused-ring (bicyclic) bond motifs is 1. The predicted molar refractivity (Wildman–Crippen MR) is 52.5 cm³/mol. The number of aryl methyl sites for hydroxylation is 1. The molecule has 86 valence electrons. The Hall–Kier alpha value is -1.30. The summed E-state index contributed by atoms with van der Waals surface area (Å²) in [6.07, 6.45) is -5.46. The van der Waals surface area contributed by atoms with Gasteiger partial charge in [0.05, 0.1) is 0 Å². The van der Waals surface area contributed by atoms with E-state index in [1.165, 1.54) is 4.52 Å². The quantitative estimate of drug-likeness (QED) is 0.728. The van der Waals surface area contributed by atoms with Gasteiger partial charge in [0, 0.05) is 0 Å². The second-order valence-electron chi connectivity index (χ2n) is 3.45. The van der Waals surface area contributed by atoms with Gasteiger partial charge >= 0.3 is 6.18 Å². The fraction of sp³-hybridized carbons (Fsp3) is 0.333. The predicted octanol–water partition coefficient (Wildman–Crippen LogP) is 2.80. The van der Waals surface area contributed by atoms with Gasteiger partial charge in [-0.15, -0.1) is 5.10 Å². The van der Waals surface area contributed by atoms with Crippen LogP contribution in [0.4, 0.5) is 13.2 Å². The van der Waals surface area contributed by atoms with E-state index < -0.39 is 12.6 Å². The molecule has 0 radical (unpaired) electrons. The zero-order valence-electron chi connectivity index (χ0n) is 8.22. The van der Waals surface area contributed by atoms with E-state index in [2.05, 4.69) is 10.1 Å². The summed E-state index contributed by atoms with van der Waals surface area (Å²) in [6, 6.07) is 3.24. The molecular weight excluding hydrogens is 243 g/mol. The molecule has 0 saturated carbocycles. The van der Waals surface area contributed by atoms with Crippen LogP contribution in [-0.4, -0.2) is 20.8 Å². The van der Waals surface area contributed by atoms with Crippen LogP contribution in [0, 0.1) is 6.92 Å². The number of aromatic nitrogens is 3. The fourth-order valence-electron chi connectivity index (χ4n) is 1.37. The lowest BCUT2D eigenvalue weighted by atomic mass is 10.3. The molecule has 0 aliphatic carbocycles. The third-order valence-electron chi connectivity index (χ3n) is 1.94. The summed E-state index contributed by atoms with van der Waals surface area (Å²) in [6.45, 7) is 1.78. The molecule has 0 aromatic carbocycles. The highest BCUT2D eigenvalue weighted by molar-refractivity contribution is 6.29. The Balaban J connectivity index is 2.48. The molecule has 0 aliphatic rings. The van der Waals surface area contributed by atoms with E-state index in [0.717, 1.165) is 5.56 Å². The number of hydrogen-bond acceptors (Lipinski definition) is 2. The van der Waals surface area contributed by atoms with Crippen LogP contribution in [0.15, 0.2) is 12.1 Å². The van der Waals surface area contributed by atoms with Crippen molar-refractivity contribution in [1.82, 2.24) is 14.6 Å². The molecule has 0 aliphatic heterocycles. The first-order valence-corrected chi connectivity index (χ1v) is 4.81. The summed E-state index contributed by atoms with van der Waals surface area (Å²) in [7, 11) is 0. The van der Waals surface area contributed by atoms with Gasteiger partial charge in [-0.05, 0) is 24.6 Å². The Morgan fingerprint density at radius 1 is 1.38 bits per heavy atom. The van der Waals surface area contributed by atoms with Crippen LogP contribution in [0.1, 0.15) is 11.4 Å². The standard InChI is InChI=1S/C9H7ClF3N3/c1-5-2-6(10)16-8(3-5)14-7(15-16)4-9(11,12)13/h2-3H,4H2,1H3. The average molecular weight is 250 g/mol. The molecule has 7 heteroatoms. The third-order valence-corrected chi connectivity index (χ3v) is 2.21. The number of nitrogens with zero attached hydrogens (tertiary/aromatic N) is 3. The maximum atomic E-state index is 12.1. The summed E-state index contributed by atoms with van der Waals surface area (Å²) in [5, 5.41) is 3.94. The average Bonchev–Trinajstić information content (AvgIpc) is 2.43. The van der Waals surface area contributed by atoms with Crippen LogP contribution in [-0.2, 0) is 6.42 Å². The highest BCUT2D eigenvalue weighted by atomic mass is 35.5. The molecule has 0 unspecified atom stereocenters. The van der Waals surface area contributed by atoms with Gasteiger partial charge in [0.1, 0.15) is 11.6 Å². The van der Waals surface area contributed by atoms with Gasteiger partial charge in [0.15, 0.2) is 11.5 Å². The summed E-state index contributed by atoms with van der Waals surface area (Å²) >= 11 is 5.83. The van der Waals surface area contributed by atoms with Crippen molar-refractivity contribution in [2.75, 3.05) is 0 Å². The number of halogens is 4. The molecule has 2 heterocycles. The van der Waals surface area contributed by atoms with E-state index >= 15 is 0 Å². The molecule has 16 heavy (non-hydrogen) atoms. The molecule has 0 fully saturated rings. The van der Waals surface area contributed by atoms with Crippen LogP contribution in [0.25, 0.3) is 5.65 Å². The van der Waals surface area contributed by atoms with Crippen molar-refractivity contribution < 1.29 is 13.2 Å². The van der Waals surface area contributed by atoms with Crippen LogP contribution >= 0.6 is 11.6 Å². The monoisotopic (exact) mass is 249 g/mol. The molecule has 0 amide bonds. The number of hydrogen-bond donors (Lipinski definition) is 0. The molecule has 0 bridgehead atoms. The highest BCUT2D eigenvalue weighted by Gasteiger charge is 2.30. The molecule has 2 rings (SSSR count). The second kappa shape index (κ2) is 3.62. The topological polar surface area (TPSA) is 30.2 Å². The lowest BCUT2D eigenvalue weighted by Gasteiger charge is -2.00. The van der Waals surface area contributed by atoms with E-state index in [-0.39, 0.29) is 11.0 Å². The Bertz CT molecular complexity index is 533. The van der Waals surface area contributed by atoms with Crippen molar-refractivity contribution in [1.29, 1.82) is 0 Å². The Kier molecular flexibility index (Phi) is 2.53. The maximum Gasteiger partial charge on any atom is 0.396 e. The van der Waals surface area contributed by atoms with E-state index in [9.17, 15) is 13.2 Å². The minimum Gasteiger partial charge on any atom is -0.211 e. The lowest BCUT2D eigenvalue weighted by Crippen LogP contribution is -2.12. The van der Waals surface area contributed by atoms with Gasteiger partial charge in [-0.1, -0.05) is 11.6 Å². The number of alkyl halides is 3. The zero-order chi connectivity index (χ0) is 11.9. The first-order valence-electron chi connectivity index (χ1n) is 4.44. The Labute approximate surface area is 93.9 Å². The van der Waals surface area contributed by atoms with Crippen LogP contribution < -0.4 is 0 Å². The number of pyridine rings is 1. The van der Waals surface area contributed by atoms with E-state index in [0.29, 0.717) is 5.65 Å². The summed E-state index contributed by atoms with van der Waals surface area (Å²) in [5.74, 6) is -0.278. The Morgan fingerprint density at radius 3 is 2.69 bits per heavy atom. The van der Waals surface area contributed by atoms with Gasteiger partial charge in [-0.2, -0.15) is 13.2 Å². The van der Waals surface area contributed by atoms with E-state index in [1.807, 2.05) is 0 Å². The minimum absolute atomic E-state index is 0.246. The summed E-state index contributed by atoms with van der Waals surface area (Å²) in [5.41, 5.74) is 1.15. The zero-order valence-corrected chi connectivity index (χ0v) is 8.97. The molecule has 0 N–H and O–H groups in total. The smallest absolute Gasteiger partial charge is 0.211 e. The van der Waals surface area contributed by atoms with E-state index in [4.69, 9.17) is 11.6 Å². The van der Waals surface area contributed by atoms with Crippen molar-refractivity contribution >= 4 is 17.2 Å². The normalized spacial score (nSPS) is 12.3. The van der Waals surface area contributed by atoms with Gasteiger partial charge < -0.3 is 0 Å². The summed E-state index contributed by atoms with van der Waals surface area (Å²) < 4.78 is 37.6. The van der Waals surface area contributed by atoms with Crippen molar-refractivity contribution in [3.05, 3.63) is 28.7 Å². The maximum absolute atomic E-state index is 12.1. The summed E-state index contributed by atoms with van der Waals surface area (Å²) in [4.78, 5) is 3.77. The SMILES string of the molecule is Cc1cc(Cl)n2nc(CC(F)(F)F)nc2c1. The van der Waals surface area contributed by atoms with Gasteiger partial charge in [0.25, 0.3) is 0 Å². The largest absolute Gasteiger partial charge is 0.396 e. The van der Waals surface area contributed by atoms with Crippen molar-refractivity contribution in [3.63, 3.8) is 0 Å². The Morgan fingerprint density at radius 2 is 2.06 bits per heavy atom. The van der Waals surface area contributed by atoms with Crippen LogP contribution in [0.3, 0.4) is 0 Å². The molecule has 3 nitrogen and oxygen atoms in total. The molecule has 2 aromatic heterocycles. The van der Waals surface area contributed by atoms with Gasteiger partial charge in [0.2, 0.25) is 0 Å². The molecule has 0 spiro atoms. The minimum atomic E-state index is -4.31. The van der Waals surface area contributed by atoms with Crippen LogP contribution in [0.2, 0.25) is 5.15 Å². The third kappa shape index (κ3) is 2.27. The highest BCUT2D eigenvalue weighted by Crippen LogP contribution is 2.21. The van der Waals surface area contributed by atoms with Gasteiger partial charge in [-0.25, -0.2) is 9.50 Å². The molecule has 0 saturated heterocycles. The first-order chi connectivity index (χ1) is 7.35.